The van der Waals surface area contributed by atoms with Crippen molar-refractivity contribution in [2.75, 3.05) is 13.7 Å². The van der Waals surface area contributed by atoms with Gasteiger partial charge in [-0.05, 0) is 45.5 Å². The van der Waals surface area contributed by atoms with E-state index in [1.165, 1.54) is 0 Å². The molecule has 5 aromatic carbocycles. The Kier molecular flexibility index (Phi) is 16.9. The summed E-state index contributed by atoms with van der Waals surface area (Å²) in [6.07, 6.45) is -5.20. The van der Waals surface area contributed by atoms with Gasteiger partial charge in [-0.25, -0.2) is 0 Å². The summed E-state index contributed by atoms with van der Waals surface area (Å²) in [5.74, 6) is 0. The molecule has 5 rings (SSSR count). The lowest BCUT2D eigenvalue weighted by Gasteiger charge is -2.38. The molecule has 9 heteroatoms. The van der Waals surface area contributed by atoms with Crippen LogP contribution >= 0.6 is 15.9 Å². The molecule has 0 aliphatic carbocycles. The average molecular weight is 760 g/mol. The smallest absolute Gasteiger partial charge is 0.117 e. The summed E-state index contributed by atoms with van der Waals surface area (Å²) in [6, 6.07) is 44.8. The summed E-state index contributed by atoms with van der Waals surface area (Å²) in [5, 5.41) is 24.1. The predicted octanol–water partition coefficient (Wildman–Crippen LogP) is 7.14. The Morgan fingerprint density at radius 1 is 0.510 bits per heavy atom. The van der Waals surface area contributed by atoms with Gasteiger partial charge in [-0.3, -0.25) is 0 Å². The summed E-state index contributed by atoms with van der Waals surface area (Å²) in [4.78, 5) is 0. The molecule has 0 fully saturated rings. The van der Waals surface area contributed by atoms with Gasteiger partial charge in [-0.2, -0.15) is 0 Å². The van der Waals surface area contributed by atoms with E-state index in [2.05, 4.69) is 15.9 Å². The lowest BCUT2D eigenvalue weighted by atomic mass is 9.93. The second-order valence-electron chi connectivity index (χ2n) is 12.1. The third kappa shape index (κ3) is 12.8. The Labute approximate surface area is 309 Å². The van der Waals surface area contributed by atoms with E-state index in [1.54, 1.807) is 7.11 Å². The van der Waals surface area contributed by atoms with Crippen LogP contribution in [0.25, 0.3) is 0 Å². The van der Waals surface area contributed by atoms with Crippen molar-refractivity contribution in [3.63, 3.8) is 0 Å². The highest BCUT2D eigenvalue weighted by atomic mass is 79.9. The van der Waals surface area contributed by atoms with E-state index >= 15 is 0 Å². The molecule has 270 valence electrons. The number of benzene rings is 5. The van der Waals surface area contributed by atoms with Crippen LogP contribution in [0.4, 0.5) is 0 Å². The van der Waals surface area contributed by atoms with Crippen LogP contribution in [0.2, 0.25) is 0 Å². The van der Waals surface area contributed by atoms with Crippen LogP contribution in [0, 0.1) is 0 Å². The summed E-state index contributed by atoms with van der Waals surface area (Å²) < 4.78 is 32.1. The van der Waals surface area contributed by atoms with E-state index < -0.39 is 30.5 Å². The molecule has 1 unspecified atom stereocenters. The lowest BCUT2D eigenvalue weighted by molar-refractivity contribution is -0.207. The zero-order valence-electron chi connectivity index (χ0n) is 28.7. The largest absolute Gasteiger partial charge is 0.412 e. The fourth-order valence-electron chi connectivity index (χ4n) is 5.72. The minimum atomic E-state index is -1.17. The maximum absolute atomic E-state index is 12.2. The molecule has 5 aromatic rings. The van der Waals surface area contributed by atoms with E-state index in [1.807, 2.05) is 140 Å². The molecule has 0 bridgehead atoms. The van der Waals surface area contributed by atoms with Crippen LogP contribution in [0.3, 0.4) is 0 Å². The number of halogens is 1. The van der Waals surface area contributed by atoms with Gasteiger partial charge in [0.1, 0.15) is 30.5 Å². The monoisotopic (exact) mass is 758 g/mol. The molecule has 0 spiro atoms. The van der Waals surface area contributed by atoms with E-state index in [0.717, 1.165) is 32.3 Å². The molecule has 4 N–H and O–H groups in total. The molecular formula is C42H47BrO8. The van der Waals surface area contributed by atoms with Gasteiger partial charge in [0.15, 0.2) is 0 Å². The maximum atomic E-state index is 12.2. The fourth-order valence-corrected chi connectivity index (χ4v) is 6.28. The molecule has 0 aromatic heterocycles. The molecule has 0 saturated carbocycles. The number of ether oxygens (including phenoxy) is 5. The minimum Gasteiger partial charge on any atom is -0.412 e. The van der Waals surface area contributed by atoms with Crippen LogP contribution in [-0.2, 0) is 56.7 Å². The van der Waals surface area contributed by atoms with Gasteiger partial charge in [0.25, 0.3) is 0 Å². The Morgan fingerprint density at radius 3 is 1.41 bits per heavy atom. The number of methoxy groups -OCH3 is 1. The number of rotatable bonds is 20. The molecule has 0 amide bonds. The second-order valence-corrected chi connectivity index (χ2v) is 13.0. The van der Waals surface area contributed by atoms with E-state index in [-0.39, 0.29) is 31.9 Å². The average Bonchev–Trinajstić information content (AvgIpc) is 3.15. The van der Waals surface area contributed by atoms with Gasteiger partial charge in [0.05, 0.1) is 39.6 Å². The molecule has 0 aliphatic heterocycles. The maximum Gasteiger partial charge on any atom is 0.117 e. The summed E-state index contributed by atoms with van der Waals surface area (Å²) in [7, 11) is 1.63. The Bertz CT molecular complexity index is 1660. The number of aliphatic hydroxyl groups excluding tert-OH is 2. The zero-order valence-corrected chi connectivity index (χ0v) is 30.3. The number of hydrogen-bond donors (Lipinski definition) is 2. The third-order valence-electron chi connectivity index (χ3n) is 8.23. The fraction of sp³-hybridized carbons (Fsp3) is 0.286. The molecule has 0 radical (unpaired) electrons. The SMILES string of the molecule is COCc1cc(Br)cc(C(O)[C@H](OCc2ccccc2)[C@@H](OCc2ccccc2)[C@H](OCc2ccccc2)[C@H](O)COCc2ccccc2)c1.O. The molecule has 0 saturated heterocycles. The zero-order chi connectivity index (χ0) is 35.0. The minimum absolute atomic E-state index is 0. The van der Waals surface area contributed by atoms with Crippen molar-refractivity contribution in [3.05, 3.63) is 177 Å². The Morgan fingerprint density at radius 2 is 0.941 bits per heavy atom. The van der Waals surface area contributed by atoms with Crippen molar-refractivity contribution in [2.45, 2.75) is 63.6 Å². The van der Waals surface area contributed by atoms with Crippen molar-refractivity contribution in [1.82, 2.24) is 0 Å². The number of aliphatic hydroxyl groups is 2. The first-order valence-electron chi connectivity index (χ1n) is 16.7. The third-order valence-corrected chi connectivity index (χ3v) is 8.68. The highest BCUT2D eigenvalue weighted by Crippen LogP contribution is 2.32. The summed E-state index contributed by atoms with van der Waals surface area (Å²) in [6.45, 7) is 1.23. The Hall–Kier alpha value is -3.74. The van der Waals surface area contributed by atoms with Crippen molar-refractivity contribution >= 4 is 15.9 Å². The normalized spacial score (nSPS) is 14.2. The van der Waals surface area contributed by atoms with Crippen molar-refractivity contribution in [2.24, 2.45) is 0 Å². The van der Waals surface area contributed by atoms with Crippen LogP contribution in [0.15, 0.2) is 144 Å². The van der Waals surface area contributed by atoms with E-state index in [0.29, 0.717) is 18.8 Å². The van der Waals surface area contributed by atoms with Gasteiger partial charge < -0.3 is 39.4 Å². The van der Waals surface area contributed by atoms with Gasteiger partial charge in [0, 0.05) is 11.6 Å². The molecule has 51 heavy (non-hydrogen) atoms. The highest BCUT2D eigenvalue weighted by molar-refractivity contribution is 9.10. The van der Waals surface area contributed by atoms with Crippen LogP contribution < -0.4 is 0 Å². The molecule has 5 atom stereocenters. The number of hydrogen-bond acceptors (Lipinski definition) is 7. The van der Waals surface area contributed by atoms with Crippen molar-refractivity contribution in [3.8, 4) is 0 Å². The predicted molar refractivity (Wildman–Crippen MR) is 201 cm³/mol. The first-order chi connectivity index (χ1) is 24.5. The molecule has 8 nitrogen and oxygen atoms in total. The van der Waals surface area contributed by atoms with Gasteiger partial charge in [0.2, 0.25) is 0 Å². The highest BCUT2D eigenvalue weighted by Gasteiger charge is 2.41. The first-order valence-corrected chi connectivity index (χ1v) is 17.5. The lowest BCUT2D eigenvalue weighted by Crippen LogP contribution is -2.51. The molecule has 0 heterocycles. The van der Waals surface area contributed by atoms with Gasteiger partial charge in [-0.15, -0.1) is 0 Å². The standard InChI is InChI=1S/C42H45BrO7.H2O/c1-46-25-35-22-36(24-37(43)23-35)39(45)41(49-28-33-18-10-4-11-19-33)42(50-29-34-20-12-5-13-21-34)40(48-27-32-16-8-3-9-17-32)38(44)30-47-26-31-14-6-2-7-15-31;/h2-24,38-42,44-45H,25-30H2,1H3;1H2/t38-,39?,40-,41+,42+;/m1./s1. The summed E-state index contributed by atoms with van der Waals surface area (Å²) in [5.41, 5.74) is 5.25. The van der Waals surface area contributed by atoms with E-state index in [9.17, 15) is 10.2 Å². The molecular weight excluding hydrogens is 712 g/mol. The second kappa shape index (κ2) is 21.6. The van der Waals surface area contributed by atoms with E-state index in [4.69, 9.17) is 23.7 Å². The quantitative estimate of drug-likeness (QED) is 0.0867. The van der Waals surface area contributed by atoms with Crippen molar-refractivity contribution in [1.29, 1.82) is 0 Å². The van der Waals surface area contributed by atoms with Crippen LogP contribution in [0.5, 0.6) is 0 Å². The van der Waals surface area contributed by atoms with Crippen LogP contribution in [0.1, 0.15) is 39.5 Å². The van der Waals surface area contributed by atoms with Crippen LogP contribution in [-0.4, -0.2) is 53.8 Å². The molecule has 0 aliphatic rings. The van der Waals surface area contributed by atoms with Gasteiger partial charge >= 0.3 is 0 Å². The topological polar surface area (TPSA) is 118 Å². The van der Waals surface area contributed by atoms with Gasteiger partial charge in [-0.1, -0.05) is 143 Å². The summed E-state index contributed by atoms with van der Waals surface area (Å²) >= 11 is 3.61. The Balaban J connectivity index is 0.00000583. The van der Waals surface area contributed by atoms with Crippen molar-refractivity contribution < 1.29 is 39.4 Å². The first kappa shape index (κ1) is 40.0.